The van der Waals surface area contributed by atoms with Crippen molar-refractivity contribution < 1.29 is 4.79 Å². The normalized spacial score (nSPS) is 13.9. The molecular formula is C25H24N8OS. The molecule has 6 rings (SSSR count). The van der Waals surface area contributed by atoms with Crippen LogP contribution in [0.25, 0.3) is 21.3 Å². The van der Waals surface area contributed by atoms with Gasteiger partial charge >= 0.3 is 0 Å². The molecule has 4 heterocycles. The molecule has 3 aromatic heterocycles. The highest BCUT2D eigenvalue weighted by molar-refractivity contribution is 7.16. The maximum absolute atomic E-state index is 13.5. The summed E-state index contributed by atoms with van der Waals surface area (Å²) in [6.45, 7) is 5.38. The number of aromatic amines is 1. The van der Waals surface area contributed by atoms with Gasteiger partial charge in [-0.25, -0.2) is 15.0 Å². The van der Waals surface area contributed by atoms with Crippen molar-refractivity contribution in [3.8, 4) is 0 Å². The maximum Gasteiger partial charge on any atom is 0.257 e. The van der Waals surface area contributed by atoms with Crippen molar-refractivity contribution in [2.24, 2.45) is 0 Å². The number of nitrogens with zero attached hydrogens (tertiary/aromatic N) is 4. The Hall–Kier alpha value is -4.02. The number of thiazole rings is 1. The molecule has 1 amide bonds. The number of H-pyrrole nitrogens is 1. The minimum Gasteiger partial charge on any atom is -0.368 e. The first-order chi connectivity index (χ1) is 17.1. The molecule has 0 radical (unpaired) electrons. The topological polar surface area (TPSA) is 111 Å². The van der Waals surface area contributed by atoms with E-state index in [1.54, 1.807) is 17.5 Å². The van der Waals surface area contributed by atoms with E-state index in [9.17, 15) is 4.79 Å². The van der Waals surface area contributed by atoms with Crippen LogP contribution < -0.4 is 20.9 Å². The summed E-state index contributed by atoms with van der Waals surface area (Å²) in [7, 11) is 0. The van der Waals surface area contributed by atoms with Crippen LogP contribution in [0.4, 0.5) is 23.1 Å². The van der Waals surface area contributed by atoms with Crippen molar-refractivity contribution in [3.05, 3.63) is 65.3 Å². The van der Waals surface area contributed by atoms with Crippen LogP contribution in [0, 0.1) is 6.92 Å². The number of nitrogens with one attached hydrogen (secondary N) is 4. The van der Waals surface area contributed by atoms with Gasteiger partial charge in [0.1, 0.15) is 5.82 Å². The van der Waals surface area contributed by atoms with Gasteiger partial charge in [0.05, 0.1) is 38.0 Å². The summed E-state index contributed by atoms with van der Waals surface area (Å²) in [4.78, 5) is 32.5. The van der Waals surface area contributed by atoms with Crippen LogP contribution in [0.1, 0.15) is 15.9 Å². The number of fused-ring (bicyclic) bond motifs is 2. The second-order valence-corrected chi connectivity index (χ2v) is 9.38. The monoisotopic (exact) mass is 484 g/mol. The highest BCUT2D eigenvalue weighted by Crippen LogP contribution is 2.30. The van der Waals surface area contributed by atoms with Gasteiger partial charge in [-0.05, 0) is 48.9 Å². The van der Waals surface area contributed by atoms with E-state index in [2.05, 4.69) is 35.8 Å². The number of anilines is 4. The molecule has 1 aliphatic rings. The van der Waals surface area contributed by atoms with Crippen molar-refractivity contribution in [1.29, 1.82) is 0 Å². The van der Waals surface area contributed by atoms with Crippen LogP contribution in [0.5, 0.6) is 0 Å². The summed E-state index contributed by atoms with van der Waals surface area (Å²) in [6.07, 6.45) is 1.74. The number of imidazole rings is 1. The molecule has 0 spiro atoms. The number of piperazine rings is 1. The lowest BCUT2D eigenvalue weighted by atomic mass is 10.1. The summed E-state index contributed by atoms with van der Waals surface area (Å²) in [5, 5.41) is 9.71. The van der Waals surface area contributed by atoms with E-state index in [4.69, 9.17) is 4.98 Å². The molecule has 1 fully saturated rings. The molecule has 5 aromatic rings. The number of hydrogen-bond donors (Lipinski definition) is 4. The van der Waals surface area contributed by atoms with Gasteiger partial charge in [0.25, 0.3) is 5.91 Å². The third-order valence-electron chi connectivity index (χ3n) is 6.14. The van der Waals surface area contributed by atoms with Gasteiger partial charge in [-0.2, -0.15) is 0 Å². The van der Waals surface area contributed by atoms with Crippen LogP contribution >= 0.6 is 11.3 Å². The second kappa shape index (κ2) is 8.97. The van der Waals surface area contributed by atoms with Crippen LogP contribution in [0.15, 0.2) is 54.2 Å². The van der Waals surface area contributed by atoms with Gasteiger partial charge in [0.2, 0.25) is 5.95 Å². The fourth-order valence-corrected chi connectivity index (χ4v) is 5.03. The van der Waals surface area contributed by atoms with E-state index in [-0.39, 0.29) is 5.91 Å². The number of hydrogen-bond acceptors (Lipinski definition) is 8. The largest absolute Gasteiger partial charge is 0.368 e. The molecule has 10 heteroatoms. The Morgan fingerprint density at radius 3 is 2.83 bits per heavy atom. The smallest absolute Gasteiger partial charge is 0.257 e. The van der Waals surface area contributed by atoms with Crippen molar-refractivity contribution in [2.75, 3.05) is 41.7 Å². The van der Waals surface area contributed by atoms with Gasteiger partial charge in [-0.15, -0.1) is 11.3 Å². The number of aryl methyl sites for hydroxylation is 1. The first-order valence-corrected chi connectivity index (χ1v) is 12.3. The number of amides is 1. The van der Waals surface area contributed by atoms with Crippen LogP contribution in [0.2, 0.25) is 0 Å². The summed E-state index contributed by atoms with van der Waals surface area (Å²) >= 11 is 1.55. The predicted octanol–water partition coefficient (Wildman–Crippen LogP) is 4.28. The zero-order valence-corrected chi connectivity index (χ0v) is 19.9. The van der Waals surface area contributed by atoms with E-state index < -0.39 is 0 Å². The lowest BCUT2D eigenvalue weighted by Crippen LogP contribution is -2.44. The molecule has 1 aliphatic heterocycles. The first-order valence-electron chi connectivity index (χ1n) is 11.5. The van der Waals surface area contributed by atoms with Crippen molar-refractivity contribution in [3.63, 3.8) is 0 Å². The zero-order chi connectivity index (χ0) is 23.8. The molecule has 9 nitrogen and oxygen atoms in total. The van der Waals surface area contributed by atoms with Gasteiger partial charge in [-0.1, -0.05) is 6.07 Å². The third-order valence-corrected chi connectivity index (χ3v) is 6.93. The minimum absolute atomic E-state index is 0.164. The Kier molecular flexibility index (Phi) is 5.51. The van der Waals surface area contributed by atoms with E-state index in [0.29, 0.717) is 17.0 Å². The standard InChI is InChI=1S/C25H24N8OS/c1-15-3-2-6-27-23(15)32-25-30-19-12-17(21(13-20(19)31-25)33-9-7-26-8-10-33)24(34)29-16-4-5-18-22(11-16)35-14-28-18/h2-6,11-14,26H,7-10H2,1H3,(H,29,34)(H2,27,30,31,32). The highest BCUT2D eigenvalue weighted by atomic mass is 32.1. The minimum atomic E-state index is -0.164. The average molecular weight is 485 g/mol. The van der Waals surface area contributed by atoms with Crippen LogP contribution in [-0.4, -0.2) is 52.0 Å². The average Bonchev–Trinajstić information content (AvgIpc) is 3.51. The van der Waals surface area contributed by atoms with Crippen molar-refractivity contribution >= 4 is 61.6 Å². The van der Waals surface area contributed by atoms with E-state index >= 15 is 0 Å². The molecular weight excluding hydrogens is 460 g/mol. The lowest BCUT2D eigenvalue weighted by Gasteiger charge is -2.31. The number of rotatable bonds is 5. The van der Waals surface area contributed by atoms with Gasteiger partial charge in [0.15, 0.2) is 0 Å². The first kappa shape index (κ1) is 21.5. The van der Waals surface area contributed by atoms with Gasteiger partial charge in [0, 0.05) is 38.1 Å². The Balaban J connectivity index is 1.37. The molecule has 0 saturated carbocycles. The third kappa shape index (κ3) is 4.29. The molecule has 1 saturated heterocycles. The Bertz CT molecular complexity index is 1540. The highest BCUT2D eigenvalue weighted by Gasteiger charge is 2.21. The molecule has 0 unspecified atom stereocenters. The number of aromatic nitrogens is 4. The fourth-order valence-electron chi connectivity index (χ4n) is 4.31. The molecule has 2 aromatic carbocycles. The Morgan fingerprint density at radius 2 is 1.97 bits per heavy atom. The van der Waals surface area contributed by atoms with Crippen LogP contribution in [0.3, 0.4) is 0 Å². The Morgan fingerprint density at radius 1 is 1.09 bits per heavy atom. The molecule has 176 valence electrons. The summed E-state index contributed by atoms with van der Waals surface area (Å²) in [5.74, 6) is 1.16. The quantitative estimate of drug-likeness (QED) is 0.295. The summed E-state index contributed by atoms with van der Waals surface area (Å²) in [6, 6.07) is 13.5. The molecule has 35 heavy (non-hydrogen) atoms. The second-order valence-electron chi connectivity index (χ2n) is 8.49. The maximum atomic E-state index is 13.5. The van der Waals surface area contributed by atoms with Gasteiger partial charge < -0.3 is 25.8 Å². The Labute approximate surface area is 205 Å². The van der Waals surface area contributed by atoms with Crippen molar-refractivity contribution in [2.45, 2.75) is 6.92 Å². The molecule has 0 atom stereocenters. The number of carbonyl (C=O) groups excluding carboxylic acids is 1. The fraction of sp³-hybridized carbons (Fsp3) is 0.200. The number of pyridine rings is 1. The van der Waals surface area contributed by atoms with Crippen LogP contribution in [-0.2, 0) is 0 Å². The van der Waals surface area contributed by atoms with Crippen molar-refractivity contribution in [1.82, 2.24) is 25.3 Å². The molecule has 0 aliphatic carbocycles. The van der Waals surface area contributed by atoms with E-state index in [1.165, 1.54) is 0 Å². The lowest BCUT2D eigenvalue weighted by molar-refractivity contribution is 0.102. The zero-order valence-electron chi connectivity index (χ0n) is 19.1. The van der Waals surface area contributed by atoms with Gasteiger partial charge in [-0.3, -0.25) is 4.79 Å². The molecule has 4 N–H and O–H groups in total. The molecule has 0 bridgehead atoms. The van der Waals surface area contributed by atoms with E-state index in [1.807, 2.05) is 54.9 Å². The van der Waals surface area contributed by atoms with E-state index in [0.717, 1.165) is 64.7 Å². The SMILES string of the molecule is Cc1cccnc1Nc1nc2cc(C(=O)Nc3ccc4ncsc4c3)c(N3CCNCC3)cc2[nH]1. The number of carbonyl (C=O) groups is 1. The summed E-state index contributed by atoms with van der Waals surface area (Å²) in [5.41, 5.74) is 7.55. The predicted molar refractivity (Wildman–Crippen MR) is 141 cm³/mol. The summed E-state index contributed by atoms with van der Waals surface area (Å²) < 4.78 is 1.04. The number of benzene rings is 2.